The molecular formula is C23H39F2N3O5Si. The van der Waals surface area contributed by atoms with Gasteiger partial charge in [-0.25, -0.2) is 4.79 Å². The van der Waals surface area contributed by atoms with Gasteiger partial charge in [0.25, 0.3) is 0 Å². The van der Waals surface area contributed by atoms with Crippen LogP contribution in [0.3, 0.4) is 0 Å². The summed E-state index contributed by atoms with van der Waals surface area (Å²) in [6, 6.07) is 1.28. The van der Waals surface area contributed by atoms with Crippen molar-refractivity contribution in [3.05, 3.63) is 22.7 Å². The number of hydrogen-bond donors (Lipinski definition) is 2. The molecule has 2 N–H and O–H groups in total. The third-order valence-electron chi connectivity index (χ3n) is 6.77. The van der Waals surface area contributed by atoms with Gasteiger partial charge in [0.2, 0.25) is 12.1 Å². The molecular weight excluding hydrogens is 464 g/mol. The van der Waals surface area contributed by atoms with Crippen LogP contribution in [-0.2, 0) is 14.0 Å². The fourth-order valence-corrected chi connectivity index (χ4v) is 4.62. The molecule has 8 nitrogen and oxygen atoms in total. The van der Waals surface area contributed by atoms with Crippen LogP contribution in [0, 0.1) is 5.92 Å². The van der Waals surface area contributed by atoms with E-state index in [0.717, 1.165) is 19.0 Å². The lowest BCUT2D eigenvalue weighted by Gasteiger charge is -2.37. The smallest absolute Gasteiger partial charge is 0.351 e. The summed E-state index contributed by atoms with van der Waals surface area (Å²) < 4.78 is 41.8. The molecule has 1 aromatic heterocycles. The Morgan fingerprint density at radius 1 is 1.32 bits per heavy atom. The zero-order valence-electron chi connectivity index (χ0n) is 21.2. The molecule has 1 aromatic rings. The van der Waals surface area contributed by atoms with E-state index in [4.69, 9.17) is 9.16 Å². The van der Waals surface area contributed by atoms with Crippen LogP contribution in [-0.4, -0.2) is 53.6 Å². The Kier molecular flexibility index (Phi) is 9.17. The number of nitrogens with one attached hydrogen (secondary N) is 1. The van der Waals surface area contributed by atoms with E-state index in [1.165, 1.54) is 6.07 Å². The number of halogens is 2. The van der Waals surface area contributed by atoms with E-state index in [2.05, 4.69) is 10.3 Å². The van der Waals surface area contributed by atoms with Gasteiger partial charge in [0.15, 0.2) is 14.4 Å². The fourth-order valence-electron chi connectivity index (χ4n) is 3.61. The van der Waals surface area contributed by atoms with Gasteiger partial charge in [-0.3, -0.25) is 9.36 Å². The SMILES string of the molecule is CCCC(CCC)C(=O)Nc1ccn([C@@H]2O[C@H](CO[Si](C)(C)C(C)(C)C)C(O)C2(F)F)c(=O)n1. The molecule has 0 bridgehead atoms. The van der Waals surface area contributed by atoms with Gasteiger partial charge < -0.3 is 19.6 Å². The molecule has 1 unspecified atom stereocenters. The minimum Gasteiger partial charge on any atom is -0.414 e. The number of aliphatic hydroxyl groups excluding tert-OH is 1. The second kappa shape index (κ2) is 10.9. The molecule has 34 heavy (non-hydrogen) atoms. The maximum absolute atomic E-state index is 14.9. The Balaban J connectivity index is 2.17. The van der Waals surface area contributed by atoms with E-state index in [0.29, 0.717) is 17.4 Å². The van der Waals surface area contributed by atoms with Crippen molar-refractivity contribution in [3.63, 3.8) is 0 Å². The Bertz CT molecular complexity index is 897. The van der Waals surface area contributed by atoms with Gasteiger partial charge in [-0.15, -0.1) is 0 Å². The number of alkyl halides is 2. The number of carbonyl (C=O) groups is 1. The van der Waals surface area contributed by atoms with Gasteiger partial charge in [-0.2, -0.15) is 13.8 Å². The lowest BCUT2D eigenvalue weighted by atomic mass is 9.97. The average molecular weight is 504 g/mol. The zero-order valence-corrected chi connectivity index (χ0v) is 22.2. The molecule has 2 rings (SSSR count). The average Bonchev–Trinajstić information content (AvgIpc) is 2.95. The molecule has 1 aliphatic rings. The molecule has 0 aliphatic carbocycles. The maximum Gasteiger partial charge on any atom is 0.351 e. The molecule has 2 heterocycles. The second-order valence-corrected chi connectivity index (χ2v) is 15.3. The summed E-state index contributed by atoms with van der Waals surface area (Å²) in [6.45, 7) is 13.7. The number of anilines is 1. The second-order valence-electron chi connectivity index (χ2n) is 10.5. The van der Waals surface area contributed by atoms with Crippen LogP contribution in [0.4, 0.5) is 14.6 Å². The summed E-state index contributed by atoms with van der Waals surface area (Å²) >= 11 is 0. The predicted molar refractivity (Wildman–Crippen MR) is 128 cm³/mol. The summed E-state index contributed by atoms with van der Waals surface area (Å²) in [4.78, 5) is 28.8. The molecule has 1 fully saturated rings. The Labute approximate surface area is 201 Å². The summed E-state index contributed by atoms with van der Waals surface area (Å²) in [7, 11) is -2.26. The molecule has 1 aliphatic heterocycles. The zero-order chi connectivity index (χ0) is 25.9. The molecule has 0 aromatic carbocycles. The predicted octanol–water partition coefficient (Wildman–Crippen LogP) is 4.31. The molecule has 0 radical (unpaired) electrons. The highest BCUT2D eigenvalue weighted by atomic mass is 28.4. The summed E-state index contributed by atoms with van der Waals surface area (Å²) in [6.07, 6.45) is -1.30. The molecule has 1 amide bonds. The first-order valence-electron chi connectivity index (χ1n) is 11.9. The molecule has 1 saturated heterocycles. The quantitative estimate of drug-likeness (QED) is 0.461. The minimum atomic E-state index is -3.73. The van der Waals surface area contributed by atoms with Crippen LogP contribution >= 0.6 is 0 Å². The monoisotopic (exact) mass is 503 g/mol. The van der Waals surface area contributed by atoms with Crippen LogP contribution < -0.4 is 11.0 Å². The van der Waals surface area contributed by atoms with Crippen molar-refractivity contribution in [2.24, 2.45) is 5.92 Å². The summed E-state index contributed by atoms with van der Waals surface area (Å²) in [5.74, 6) is -4.21. The van der Waals surface area contributed by atoms with E-state index in [1.807, 2.05) is 47.7 Å². The minimum absolute atomic E-state index is 0.0110. The van der Waals surface area contributed by atoms with Crippen LogP contribution in [0.5, 0.6) is 0 Å². The largest absolute Gasteiger partial charge is 0.414 e. The molecule has 0 saturated carbocycles. The molecule has 194 valence electrons. The van der Waals surface area contributed by atoms with Gasteiger partial charge >= 0.3 is 11.6 Å². The van der Waals surface area contributed by atoms with Crippen molar-refractivity contribution in [1.29, 1.82) is 0 Å². The van der Waals surface area contributed by atoms with Gasteiger partial charge in [-0.1, -0.05) is 47.5 Å². The van der Waals surface area contributed by atoms with E-state index in [1.54, 1.807) is 0 Å². The number of rotatable bonds is 10. The van der Waals surface area contributed by atoms with Crippen molar-refractivity contribution in [1.82, 2.24) is 9.55 Å². The van der Waals surface area contributed by atoms with Crippen molar-refractivity contribution >= 4 is 20.0 Å². The lowest BCUT2D eigenvalue weighted by molar-refractivity contribution is -0.140. The van der Waals surface area contributed by atoms with Crippen molar-refractivity contribution in [2.75, 3.05) is 11.9 Å². The number of aliphatic hydroxyl groups is 1. The standard InChI is InChI=1S/C23H39F2N3O5Si/c1-8-10-15(11-9-2)19(30)26-17-12-13-28(21(31)27-17)20-23(24,25)18(29)16(33-20)14-32-34(6,7)22(3,4)5/h12-13,15-16,18,20,29H,8-11,14H2,1-7H3,(H,26,27,30,31)/t16-,18?,20-/m1/s1. The number of ether oxygens (including phenoxy) is 1. The topological polar surface area (TPSA) is 103 Å². The Morgan fingerprint density at radius 3 is 2.41 bits per heavy atom. The van der Waals surface area contributed by atoms with Crippen molar-refractivity contribution in [2.45, 2.75) is 103 Å². The number of aromatic nitrogens is 2. The van der Waals surface area contributed by atoms with Crippen molar-refractivity contribution < 1.29 is 27.8 Å². The molecule has 11 heteroatoms. The Morgan fingerprint density at radius 2 is 1.91 bits per heavy atom. The lowest BCUT2D eigenvalue weighted by Crippen LogP contribution is -2.45. The summed E-state index contributed by atoms with van der Waals surface area (Å²) in [5.41, 5.74) is -1.01. The highest BCUT2D eigenvalue weighted by molar-refractivity contribution is 6.74. The third kappa shape index (κ3) is 6.29. The first-order chi connectivity index (χ1) is 15.7. The van der Waals surface area contributed by atoms with E-state index >= 15 is 0 Å². The van der Waals surface area contributed by atoms with Crippen LogP contribution in [0.25, 0.3) is 0 Å². The fraction of sp³-hybridized carbons (Fsp3) is 0.783. The first-order valence-corrected chi connectivity index (χ1v) is 14.8. The maximum atomic E-state index is 14.9. The van der Waals surface area contributed by atoms with Crippen LogP contribution in [0.15, 0.2) is 17.1 Å². The first kappa shape index (κ1) is 28.5. The highest BCUT2D eigenvalue weighted by Gasteiger charge is 2.60. The van der Waals surface area contributed by atoms with Gasteiger partial charge in [0.05, 0.1) is 6.61 Å². The molecule has 0 spiro atoms. The van der Waals surface area contributed by atoms with Crippen molar-refractivity contribution in [3.8, 4) is 0 Å². The molecule has 3 atom stereocenters. The number of carbonyl (C=O) groups excluding carboxylic acids is 1. The van der Waals surface area contributed by atoms with Gasteiger partial charge in [0.1, 0.15) is 11.9 Å². The Hall–Kier alpha value is -1.69. The normalized spacial score (nSPS) is 22.9. The third-order valence-corrected chi connectivity index (χ3v) is 11.3. The number of amides is 1. The van der Waals surface area contributed by atoms with Crippen LogP contribution in [0.1, 0.15) is 66.5 Å². The highest BCUT2D eigenvalue weighted by Crippen LogP contribution is 2.43. The van der Waals surface area contributed by atoms with E-state index in [9.17, 15) is 23.5 Å². The number of nitrogens with zero attached hydrogens (tertiary/aromatic N) is 2. The van der Waals surface area contributed by atoms with Gasteiger partial charge in [-0.05, 0) is 37.0 Å². The summed E-state index contributed by atoms with van der Waals surface area (Å²) in [5, 5.41) is 12.7. The van der Waals surface area contributed by atoms with E-state index in [-0.39, 0.29) is 29.3 Å². The van der Waals surface area contributed by atoms with E-state index < -0.39 is 38.4 Å². The number of hydrogen-bond acceptors (Lipinski definition) is 6. The van der Waals surface area contributed by atoms with Gasteiger partial charge in [0, 0.05) is 12.1 Å². The van der Waals surface area contributed by atoms with Crippen LogP contribution in [0.2, 0.25) is 18.1 Å².